The molecule has 0 radical (unpaired) electrons. The van der Waals surface area contributed by atoms with Crippen molar-refractivity contribution in [2.24, 2.45) is 0 Å². The number of fused-ring (bicyclic) bond motifs is 4. The van der Waals surface area contributed by atoms with E-state index in [0.717, 1.165) is 16.5 Å². The molecule has 9 heteroatoms. The molecule has 3 N–H and O–H groups in total. The maximum absolute atomic E-state index is 12.3. The highest BCUT2D eigenvalue weighted by atomic mass is 32.2. The van der Waals surface area contributed by atoms with E-state index in [9.17, 15) is 9.59 Å². The quantitative estimate of drug-likeness (QED) is 0.320. The fourth-order valence-corrected chi connectivity index (χ4v) is 3.78. The van der Waals surface area contributed by atoms with Crippen LogP contribution in [0.2, 0.25) is 0 Å². The molecule has 0 aliphatic rings. The van der Waals surface area contributed by atoms with E-state index in [1.807, 2.05) is 24.3 Å². The van der Waals surface area contributed by atoms with Gasteiger partial charge in [-0.1, -0.05) is 23.9 Å². The van der Waals surface area contributed by atoms with Crippen molar-refractivity contribution in [2.75, 3.05) is 11.1 Å². The number of rotatable bonds is 4. The van der Waals surface area contributed by atoms with Crippen molar-refractivity contribution in [3.8, 4) is 0 Å². The Kier molecular flexibility index (Phi) is 3.87. The molecule has 3 heterocycles. The monoisotopic (exact) mass is 391 g/mol. The van der Waals surface area contributed by atoms with Crippen LogP contribution in [0.3, 0.4) is 0 Å². The molecule has 0 aliphatic carbocycles. The van der Waals surface area contributed by atoms with Gasteiger partial charge in [-0.15, -0.1) is 0 Å². The summed E-state index contributed by atoms with van der Waals surface area (Å²) in [6, 6.07) is 12.8. The Morgan fingerprint density at radius 3 is 2.89 bits per heavy atom. The lowest BCUT2D eigenvalue weighted by Crippen LogP contribution is -2.14. The number of nitrogens with one attached hydrogen (secondary N) is 3. The van der Waals surface area contributed by atoms with Crippen LogP contribution in [0.5, 0.6) is 0 Å². The number of hydrogen-bond donors (Lipinski definition) is 3. The minimum atomic E-state index is -0.285. The van der Waals surface area contributed by atoms with Crippen LogP contribution in [0.1, 0.15) is 0 Å². The average Bonchev–Trinajstić information content (AvgIpc) is 3.25. The van der Waals surface area contributed by atoms with Gasteiger partial charge >= 0.3 is 5.69 Å². The molecule has 0 fully saturated rings. The number of benzene rings is 2. The molecule has 5 rings (SSSR count). The number of aromatic amines is 2. The predicted molar refractivity (Wildman–Crippen MR) is 108 cm³/mol. The van der Waals surface area contributed by atoms with Gasteiger partial charge in [0.05, 0.1) is 16.8 Å². The van der Waals surface area contributed by atoms with E-state index < -0.39 is 0 Å². The Morgan fingerprint density at radius 2 is 1.96 bits per heavy atom. The third-order valence-electron chi connectivity index (χ3n) is 4.27. The summed E-state index contributed by atoms with van der Waals surface area (Å²) in [6.45, 7) is 0. The lowest BCUT2D eigenvalue weighted by atomic mass is 10.2. The molecule has 3 aromatic heterocycles. The minimum absolute atomic E-state index is 0.158. The molecule has 28 heavy (non-hydrogen) atoms. The molecular formula is C19H13N5O3S. The van der Waals surface area contributed by atoms with Crippen LogP contribution in [0, 0.1) is 0 Å². The van der Waals surface area contributed by atoms with Gasteiger partial charge in [0.1, 0.15) is 22.5 Å². The minimum Gasteiger partial charge on any atom is -0.451 e. The van der Waals surface area contributed by atoms with Crippen molar-refractivity contribution in [3.63, 3.8) is 0 Å². The van der Waals surface area contributed by atoms with Crippen LogP contribution >= 0.6 is 11.8 Å². The number of hydrogen-bond acceptors (Lipinski definition) is 6. The fourth-order valence-electron chi connectivity index (χ4n) is 3.05. The first-order valence-corrected chi connectivity index (χ1v) is 9.43. The molecule has 2 aromatic carbocycles. The van der Waals surface area contributed by atoms with E-state index in [0.29, 0.717) is 27.3 Å². The largest absolute Gasteiger partial charge is 0.451 e. The molecule has 0 saturated heterocycles. The summed E-state index contributed by atoms with van der Waals surface area (Å²) >= 11 is 1.28. The highest BCUT2D eigenvalue weighted by Crippen LogP contribution is 2.32. The zero-order valence-corrected chi connectivity index (χ0v) is 15.2. The van der Waals surface area contributed by atoms with Crippen LogP contribution in [-0.4, -0.2) is 31.6 Å². The van der Waals surface area contributed by atoms with Crippen molar-refractivity contribution < 1.29 is 9.21 Å². The average molecular weight is 391 g/mol. The summed E-state index contributed by atoms with van der Waals surface area (Å²) in [5.41, 5.74) is 3.68. The fraction of sp³-hybridized carbons (Fsp3) is 0.0526. The van der Waals surface area contributed by atoms with Gasteiger partial charge in [0.2, 0.25) is 5.91 Å². The van der Waals surface area contributed by atoms with Crippen LogP contribution in [-0.2, 0) is 4.79 Å². The van der Waals surface area contributed by atoms with Crippen LogP contribution < -0.4 is 11.0 Å². The zero-order valence-electron chi connectivity index (χ0n) is 14.4. The Hall–Kier alpha value is -3.59. The SMILES string of the molecule is O=C(CSc1ncnc2c1oc1ccccc12)Nc1ccc2[nH]c(=O)[nH]c2c1. The molecule has 0 aliphatic heterocycles. The number of carbonyl (C=O) groups is 1. The second kappa shape index (κ2) is 6.54. The van der Waals surface area contributed by atoms with Gasteiger partial charge in [-0.25, -0.2) is 14.8 Å². The number of imidazole rings is 1. The molecule has 0 bridgehead atoms. The van der Waals surface area contributed by atoms with Gasteiger partial charge in [-0.2, -0.15) is 0 Å². The third kappa shape index (κ3) is 2.91. The lowest BCUT2D eigenvalue weighted by molar-refractivity contribution is -0.113. The molecule has 0 saturated carbocycles. The number of amides is 1. The van der Waals surface area contributed by atoms with Crippen molar-refractivity contribution in [1.82, 2.24) is 19.9 Å². The second-order valence-corrected chi connectivity index (χ2v) is 7.10. The van der Waals surface area contributed by atoms with E-state index >= 15 is 0 Å². The second-order valence-electron chi connectivity index (χ2n) is 6.13. The smallest absolute Gasteiger partial charge is 0.323 e. The van der Waals surface area contributed by atoms with Crippen LogP contribution in [0.15, 0.2) is 63.0 Å². The molecule has 1 amide bonds. The summed E-state index contributed by atoms with van der Waals surface area (Å²) in [6.07, 6.45) is 1.47. The van der Waals surface area contributed by atoms with E-state index in [1.165, 1.54) is 18.1 Å². The number of nitrogens with zero attached hydrogens (tertiary/aromatic N) is 2. The van der Waals surface area contributed by atoms with E-state index in [2.05, 4.69) is 25.3 Å². The summed E-state index contributed by atoms with van der Waals surface area (Å²) in [4.78, 5) is 37.6. The Bertz CT molecular complexity index is 1400. The van der Waals surface area contributed by atoms with E-state index in [1.54, 1.807) is 18.2 Å². The van der Waals surface area contributed by atoms with Crippen molar-refractivity contribution in [3.05, 3.63) is 59.3 Å². The zero-order chi connectivity index (χ0) is 19.1. The highest BCUT2D eigenvalue weighted by Gasteiger charge is 2.14. The number of thioether (sulfide) groups is 1. The summed E-state index contributed by atoms with van der Waals surface area (Å²) in [5.74, 6) is -0.0321. The first-order chi connectivity index (χ1) is 13.7. The summed E-state index contributed by atoms with van der Waals surface area (Å²) in [5, 5.41) is 4.35. The third-order valence-corrected chi connectivity index (χ3v) is 5.24. The summed E-state index contributed by atoms with van der Waals surface area (Å²) < 4.78 is 5.87. The maximum Gasteiger partial charge on any atom is 0.323 e. The molecular weight excluding hydrogens is 378 g/mol. The highest BCUT2D eigenvalue weighted by molar-refractivity contribution is 8.00. The standard InChI is InChI=1S/C19H13N5O3S/c25-15(22-10-5-6-12-13(7-10)24-19(26)23-12)8-28-18-17-16(20-9-21-18)11-3-1-2-4-14(11)27-17/h1-7,9H,8H2,(H,22,25)(H2,23,24,26). The van der Waals surface area contributed by atoms with Gasteiger partial charge < -0.3 is 19.7 Å². The van der Waals surface area contributed by atoms with Gasteiger partial charge in [-0.05, 0) is 30.3 Å². The number of para-hydroxylation sites is 1. The van der Waals surface area contributed by atoms with Crippen LogP contribution in [0.4, 0.5) is 5.69 Å². The number of carbonyl (C=O) groups excluding carboxylic acids is 1. The normalized spacial score (nSPS) is 11.4. The van der Waals surface area contributed by atoms with Gasteiger partial charge in [0.25, 0.3) is 0 Å². The molecule has 0 unspecified atom stereocenters. The van der Waals surface area contributed by atoms with E-state index in [-0.39, 0.29) is 17.3 Å². The Morgan fingerprint density at radius 1 is 1.11 bits per heavy atom. The number of anilines is 1. The number of H-pyrrole nitrogens is 2. The molecule has 5 aromatic rings. The van der Waals surface area contributed by atoms with Crippen molar-refractivity contribution in [2.45, 2.75) is 5.03 Å². The number of aromatic nitrogens is 4. The Labute approximate surface area is 161 Å². The molecule has 0 spiro atoms. The maximum atomic E-state index is 12.3. The predicted octanol–water partition coefficient (Wildman–Crippen LogP) is 3.28. The van der Waals surface area contributed by atoms with E-state index in [4.69, 9.17) is 4.42 Å². The van der Waals surface area contributed by atoms with Gasteiger partial charge in [0.15, 0.2) is 5.58 Å². The molecule has 138 valence electrons. The first kappa shape index (κ1) is 16.6. The molecule has 8 nitrogen and oxygen atoms in total. The Balaban J connectivity index is 1.35. The van der Waals surface area contributed by atoms with Gasteiger partial charge in [0, 0.05) is 11.1 Å². The molecule has 0 atom stereocenters. The topological polar surface area (TPSA) is 117 Å². The first-order valence-electron chi connectivity index (χ1n) is 8.44. The lowest BCUT2D eigenvalue weighted by Gasteiger charge is -2.05. The van der Waals surface area contributed by atoms with Crippen LogP contribution in [0.25, 0.3) is 33.1 Å². The summed E-state index contributed by atoms with van der Waals surface area (Å²) in [7, 11) is 0. The van der Waals surface area contributed by atoms with Crippen molar-refractivity contribution >= 4 is 56.5 Å². The van der Waals surface area contributed by atoms with Crippen molar-refractivity contribution in [1.29, 1.82) is 0 Å². The number of furan rings is 1. The van der Waals surface area contributed by atoms with Gasteiger partial charge in [-0.3, -0.25) is 4.79 Å².